The molecule has 0 aromatic rings. The number of carbonyl (C=O) groups is 1. The van der Waals surface area contributed by atoms with Gasteiger partial charge in [-0.15, -0.1) is 0 Å². The van der Waals surface area contributed by atoms with E-state index in [9.17, 15) is 9.36 Å². The maximum atomic E-state index is 12.0. The second-order valence-corrected chi connectivity index (χ2v) is 5.37. The lowest BCUT2D eigenvalue weighted by molar-refractivity contribution is 0.176. The quantitative estimate of drug-likeness (QED) is 0.588. The van der Waals surface area contributed by atoms with E-state index in [4.69, 9.17) is 26.4 Å². The number of hydrogen-bond donors (Lipinski definition) is 1. The summed E-state index contributed by atoms with van der Waals surface area (Å²) in [6, 6.07) is 0. The standard InChI is InChI=1S/C8H16NO5PS/c1-4-13-15(12,14-5-2)6-7(16)9(3)8(10)11/h4-6H2,1-3H3,(H,10,11). The topological polar surface area (TPSA) is 76.1 Å². The van der Waals surface area contributed by atoms with E-state index in [2.05, 4.69) is 0 Å². The number of carboxylic acid groups (broad SMARTS) is 1. The average Bonchev–Trinajstić information content (AvgIpc) is 2.16. The molecular formula is C8H16NO5PS. The van der Waals surface area contributed by atoms with E-state index in [1.807, 2.05) is 0 Å². The van der Waals surface area contributed by atoms with Gasteiger partial charge < -0.3 is 14.2 Å². The van der Waals surface area contributed by atoms with Crippen LogP contribution in [-0.2, 0) is 13.6 Å². The molecular weight excluding hydrogens is 253 g/mol. The third-order valence-corrected chi connectivity index (χ3v) is 4.26. The first kappa shape index (κ1) is 15.5. The normalized spacial score (nSPS) is 11.2. The summed E-state index contributed by atoms with van der Waals surface area (Å²) in [5.74, 6) is 0. The SMILES string of the molecule is CCOP(=O)(CC(=S)N(C)C(=O)O)OCC. The molecule has 0 aliphatic rings. The molecule has 0 bridgehead atoms. The second kappa shape index (κ2) is 6.96. The molecule has 0 aliphatic heterocycles. The molecule has 0 aromatic heterocycles. The highest BCUT2D eigenvalue weighted by Crippen LogP contribution is 2.48. The van der Waals surface area contributed by atoms with E-state index >= 15 is 0 Å². The molecule has 0 radical (unpaired) electrons. The van der Waals surface area contributed by atoms with E-state index in [0.717, 1.165) is 4.90 Å². The van der Waals surface area contributed by atoms with Gasteiger partial charge in [0.2, 0.25) is 0 Å². The average molecular weight is 269 g/mol. The van der Waals surface area contributed by atoms with Crippen LogP contribution in [0.1, 0.15) is 13.8 Å². The van der Waals surface area contributed by atoms with Crippen LogP contribution in [0.25, 0.3) is 0 Å². The van der Waals surface area contributed by atoms with Crippen LogP contribution in [-0.4, -0.2) is 47.5 Å². The Morgan fingerprint density at radius 1 is 1.38 bits per heavy atom. The minimum atomic E-state index is -3.32. The largest absolute Gasteiger partial charge is 0.465 e. The van der Waals surface area contributed by atoms with Gasteiger partial charge in [0.25, 0.3) is 0 Å². The van der Waals surface area contributed by atoms with E-state index in [1.54, 1.807) is 13.8 Å². The highest BCUT2D eigenvalue weighted by Gasteiger charge is 2.28. The maximum absolute atomic E-state index is 12.0. The first-order chi connectivity index (χ1) is 7.36. The third-order valence-electron chi connectivity index (χ3n) is 1.64. The molecule has 94 valence electrons. The molecule has 0 spiro atoms. The molecule has 0 rings (SSSR count). The number of amides is 1. The fraction of sp³-hybridized carbons (Fsp3) is 0.750. The van der Waals surface area contributed by atoms with Gasteiger partial charge in [-0.05, 0) is 13.8 Å². The first-order valence-corrected chi connectivity index (χ1v) is 6.87. The lowest BCUT2D eigenvalue weighted by Gasteiger charge is -2.20. The van der Waals surface area contributed by atoms with Gasteiger partial charge in [0.1, 0.15) is 6.16 Å². The van der Waals surface area contributed by atoms with Crippen molar-refractivity contribution in [2.45, 2.75) is 13.8 Å². The zero-order valence-corrected chi connectivity index (χ0v) is 11.2. The summed E-state index contributed by atoms with van der Waals surface area (Å²) in [6.07, 6.45) is -1.41. The fourth-order valence-electron chi connectivity index (χ4n) is 0.900. The van der Waals surface area contributed by atoms with Gasteiger partial charge in [-0.3, -0.25) is 9.46 Å². The molecule has 0 aromatic carbocycles. The Balaban J connectivity index is 4.57. The van der Waals surface area contributed by atoms with Crippen molar-refractivity contribution in [1.82, 2.24) is 4.90 Å². The van der Waals surface area contributed by atoms with Crippen LogP contribution in [0, 0.1) is 0 Å². The monoisotopic (exact) mass is 269 g/mol. The molecule has 0 fully saturated rings. The van der Waals surface area contributed by atoms with Gasteiger partial charge in [-0.1, -0.05) is 12.2 Å². The van der Waals surface area contributed by atoms with Crippen LogP contribution in [0.4, 0.5) is 4.79 Å². The smallest absolute Gasteiger partial charge is 0.411 e. The number of hydrogen-bond acceptors (Lipinski definition) is 5. The van der Waals surface area contributed by atoms with Crippen molar-refractivity contribution < 1.29 is 23.5 Å². The third kappa shape index (κ3) is 5.03. The molecule has 0 atom stereocenters. The summed E-state index contributed by atoms with van der Waals surface area (Å²) < 4.78 is 22.0. The number of nitrogens with zero attached hydrogens (tertiary/aromatic N) is 1. The fourth-order valence-corrected chi connectivity index (χ4v) is 3.04. The number of rotatable bonds is 6. The Morgan fingerprint density at radius 3 is 2.12 bits per heavy atom. The Morgan fingerprint density at radius 2 is 1.81 bits per heavy atom. The van der Waals surface area contributed by atoms with Crippen LogP contribution < -0.4 is 0 Å². The van der Waals surface area contributed by atoms with E-state index in [0.29, 0.717) is 0 Å². The first-order valence-electron chi connectivity index (χ1n) is 4.74. The van der Waals surface area contributed by atoms with Crippen molar-refractivity contribution >= 4 is 30.9 Å². The van der Waals surface area contributed by atoms with Gasteiger partial charge in [0, 0.05) is 7.05 Å². The zero-order chi connectivity index (χ0) is 12.8. The van der Waals surface area contributed by atoms with Crippen LogP contribution in [0.15, 0.2) is 0 Å². The molecule has 1 amide bonds. The molecule has 0 aliphatic carbocycles. The van der Waals surface area contributed by atoms with Gasteiger partial charge >= 0.3 is 13.7 Å². The van der Waals surface area contributed by atoms with E-state index in [-0.39, 0.29) is 24.4 Å². The van der Waals surface area contributed by atoms with Crippen molar-refractivity contribution in [3.8, 4) is 0 Å². The molecule has 0 unspecified atom stereocenters. The number of thiocarbonyl (C=S) groups is 1. The van der Waals surface area contributed by atoms with Crippen molar-refractivity contribution in [3.05, 3.63) is 0 Å². The molecule has 0 heterocycles. The Hall–Kier alpha value is -0.490. The molecule has 8 heteroatoms. The highest BCUT2D eigenvalue weighted by atomic mass is 32.1. The minimum absolute atomic E-state index is 0.0118. The lowest BCUT2D eigenvalue weighted by Crippen LogP contribution is -2.32. The summed E-state index contributed by atoms with van der Waals surface area (Å²) in [7, 11) is -2.03. The van der Waals surface area contributed by atoms with E-state index < -0.39 is 13.7 Å². The summed E-state index contributed by atoms with van der Waals surface area (Å²) in [5, 5.41) is 8.68. The summed E-state index contributed by atoms with van der Waals surface area (Å²) in [4.78, 5) is 11.4. The van der Waals surface area contributed by atoms with Crippen LogP contribution in [0.5, 0.6) is 0 Å². The van der Waals surface area contributed by atoms with Crippen molar-refractivity contribution in [3.63, 3.8) is 0 Å². The minimum Gasteiger partial charge on any atom is -0.465 e. The van der Waals surface area contributed by atoms with Crippen molar-refractivity contribution in [1.29, 1.82) is 0 Å². The predicted molar refractivity (Wildman–Crippen MR) is 64.1 cm³/mol. The van der Waals surface area contributed by atoms with Gasteiger partial charge in [-0.2, -0.15) is 0 Å². The summed E-state index contributed by atoms with van der Waals surface area (Å²) in [5.41, 5.74) is 0. The Labute approximate surface area is 100 Å². The molecule has 1 N–H and O–H groups in total. The van der Waals surface area contributed by atoms with Crippen LogP contribution >= 0.6 is 19.8 Å². The van der Waals surface area contributed by atoms with Gasteiger partial charge in [0.15, 0.2) is 0 Å². The summed E-state index contributed by atoms with van der Waals surface area (Å²) in [6.45, 7) is 3.79. The molecule has 0 saturated carbocycles. The second-order valence-electron chi connectivity index (χ2n) is 2.84. The van der Waals surface area contributed by atoms with Crippen molar-refractivity contribution in [2.24, 2.45) is 0 Å². The lowest BCUT2D eigenvalue weighted by atomic mass is 10.6. The van der Waals surface area contributed by atoms with Gasteiger partial charge in [0.05, 0.1) is 18.2 Å². The molecule has 0 saturated heterocycles. The molecule has 6 nitrogen and oxygen atoms in total. The van der Waals surface area contributed by atoms with Gasteiger partial charge in [-0.25, -0.2) is 4.79 Å². The van der Waals surface area contributed by atoms with Crippen LogP contribution in [0.2, 0.25) is 0 Å². The maximum Gasteiger partial charge on any atom is 0.411 e. The zero-order valence-electron chi connectivity index (χ0n) is 9.50. The Kier molecular flexibility index (Phi) is 6.74. The Bertz CT molecular complexity index is 299. The highest BCUT2D eigenvalue weighted by molar-refractivity contribution is 7.81. The van der Waals surface area contributed by atoms with Crippen LogP contribution in [0.3, 0.4) is 0 Å². The van der Waals surface area contributed by atoms with E-state index in [1.165, 1.54) is 7.05 Å². The predicted octanol–water partition coefficient (Wildman–Crippen LogP) is 2.19. The summed E-state index contributed by atoms with van der Waals surface area (Å²) >= 11 is 4.84. The van der Waals surface area contributed by atoms with Crippen molar-refractivity contribution in [2.75, 3.05) is 26.4 Å². The molecule has 16 heavy (non-hydrogen) atoms.